The molecule has 4 heteroatoms. The molecule has 0 bridgehead atoms. The predicted octanol–water partition coefficient (Wildman–Crippen LogP) is 2.83. The lowest BCUT2D eigenvalue weighted by Crippen LogP contribution is -2.29. The van der Waals surface area contributed by atoms with Gasteiger partial charge < -0.3 is 14.6 Å². The van der Waals surface area contributed by atoms with Crippen LogP contribution in [0.4, 0.5) is 0 Å². The predicted molar refractivity (Wildman–Crippen MR) is 78.1 cm³/mol. The lowest BCUT2D eigenvalue weighted by Gasteiger charge is -2.24. The van der Waals surface area contributed by atoms with Gasteiger partial charge in [-0.25, -0.2) is 0 Å². The highest BCUT2D eigenvalue weighted by atomic mass is 16.5. The van der Waals surface area contributed by atoms with Crippen molar-refractivity contribution in [2.75, 3.05) is 13.7 Å². The van der Waals surface area contributed by atoms with Crippen LogP contribution in [0.5, 0.6) is 17.2 Å². The number of para-hydroxylation sites is 1. The maximum Gasteiger partial charge on any atom is 0.173 e. The minimum absolute atomic E-state index is 0.0437. The van der Waals surface area contributed by atoms with E-state index in [2.05, 4.69) is 0 Å². The van der Waals surface area contributed by atoms with Crippen LogP contribution in [0.25, 0.3) is 0 Å². The van der Waals surface area contributed by atoms with Gasteiger partial charge in [0.05, 0.1) is 25.2 Å². The number of methoxy groups -OCH3 is 1. The summed E-state index contributed by atoms with van der Waals surface area (Å²) in [5, 5.41) is 9.82. The SMILES string of the molecule is COc1ccc2c(c1)OCC(Cc1ccccc1O)C2=O. The van der Waals surface area contributed by atoms with Crippen LogP contribution in [0.2, 0.25) is 0 Å². The number of hydrogen-bond acceptors (Lipinski definition) is 4. The Labute approximate surface area is 122 Å². The van der Waals surface area contributed by atoms with Crippen LogP contribution in [0, 0.1) is 5.92 Å². The van der Waals surface area contributed by atoms with Crippen molar-refractivity contribution in [3.63, 3.8) is 0 Å². The lowest BCUT2D eigenvalue weighted by atomic mass is 9.89. The molecule has 2 aromatic rings. The number of Topliss-reactive ketones (excluding diaryl/α,β-unsaturated/α-hetero) is 1. The first-order chi connectivity index (χ1) is 10.2. The van der Waals surface area contributed by atoms with Crippen molar-refractivity contribution >= 4 is 5.78 Å². The molecule has 0 amide bonds. The van der Waals surface area contributed by atoms with Crippen LogP contribution in [0.15, 0.2) is 42.5 Å². The number of carbonyl (C=O) groups excluding carboxylic acids is 1. The molecule has 108 valence electrons. The van der Waals surface area contributed by atoms with Gasteiger partial charge >= 0.3 is 0 Å². The maximum absolute atomic E-state index is 12.5. The first-order valence-electron chi connectivity index (χ1n) is 6.81. The van der Waals surface area contributed by atoms with Crippen LogP contribution >= 0.6 is 0 Å². The highest BCUT2D eigenvalue weighted by Gasteiger charge is 2.29. The number of phenols is 1. The Hall–Kier alpha value is -2.49. The smallest absolute Gasteiger partial charge is 0.173 e. The normalized spacial score (nSPS) is 17.0. The van der Waals surface area contributed by atoms with Crippen molar-refractivity contribution in [2.45, 2.75) is 6.42 Å². The second kappa shape index (κ2) is 5.48. The Balaban J connectivity index is 1.84. The Morgan fingerprint density at radius 3 is 2.86 bits per heavy atom. The number of ether oxygens (including phenoxy) is 2. The van der Waals surface area contributed by atoms with Gasteiger partial charge in [0.25, 0.3) is 0 Å². The van der Waals surface area contributed by atoms with Gasteiger partial charge in [0, 0.05) is 6.07 Å². The van der Waals surface area contributed by atoms with Gasteiger partial charge in [-0.05, 0) is 30.2 Å². The standard InChI is InChI=1S/C17H16O4/c1-20-13-6-7-14-16(9-13)21-10-12(17(14)19)8-11-4-2-3-5-15(11)18/h2-7,9,12,18H,8,10H2,1H3. The molecular weight excluding hydrogens is 268 g/mol. The summed E-state index contributed by atoms with van der Waals surface area (Å²) < 4.78 is 10.8. The summed E-state index contributed by atoms with van der Waals surface area (Å²) in [5.74, 6) is 1.21. The fourth-order valence-electron chi connectivity index (χ4n) is 2.54. The lowest BCUT2D eigenvalue weighted by molar-refractivity contribution is 0.0830. The zero-order valence-corrected chi connectivity index (χ0v) is 11.7. The molecule has 1 heterocycles. The summed E-state index contributed by atoms with van der Waals surface area (Å²) in [6.07, 6.45) is 0.469. The van der Waals surface area contributed by atoms with Crippen LogP contribution in [-0.2, 0) is 6.42 Å². The third kappa shape index (κ3) is 2.57. The van der Waals surface area contributed by atoms with Gasteiger partial charge in [-0.15, -0.1) is 0 Å². The molecule has 0 saturated heterocycles. The van der Waals surface area contributed by atoms with Crippen molar-refractivity contribution in [1.82, 2.24) is 0 Å². The van der Waals surface area contributed by atoms with E-state index in [-0.39, 0.29) is 17.5 Å². The Bertz CT molecular complexity index is 678. The molecule has 4 nitrogen and oxygen atoms in total. The Morgan fingerprint density at radius 1 is 1.29 bits per heavy atom. The van der Waals surface area contributed by atoms with Crippen molar-refractivity contribution in [3.8, 4) is 17.2 Å². The number of ketones is 1. The largest absolute Gasteiger partial charge is 0.508 e. The second-order valence-corrected chi connectivity index (χ2v) is 5.07. The molecule has 0 radical (unpaired) electrons. The van der Waals surface area contributed by atoms with Gasteiger partial charge in [0.1, 0.15) is 17.2 Å². The quantitative estimate of drug-likeness (QED) is 0.941. The zero-order chi connectivity index (χ0) is 14.8. The molecule has 0 spiro atoms. The molecule has 1 atom stereocenters. The van der Waals surface area contributed by atoms with Crippen molar-refractivity contribution < 1.29 is 19.4 Å². The van der Waals surface area contributed by atoms with Gasteiger partial charge in [-0.1, -0.05) is 18.2 Å². The maximum atomic E-state index is 12.5. The van der Waals surface area contributed by atoms with Gasteiger partial charge in [0.15, 0.2) is 5.78 Å². The minimum atomic E-state index is -0.279. The van der Waals surface area contributed by atoms with E-state index in [0.717, 1.165) is 5.56 Å². The first kappa shape index (κ1) is 13.5. The van der Waals surface area contributed by atoms with Crippen molar-refractivity contribution in [2.24, 2.45) is 5.92 Å². The molecule has 1 aliphatic heterocycles. The summed E-state index contributed by atoms with van der Waals surface area (Å²) in [6.45, 7) is 0.313. The van der Waals surface area contributed by atoms with E-state index in [1.807, 2.05) is 12.1 Å². The monoisotopic (exact) mass is 284 g/mol. The molecule has 1 aliphatic rings. The zero-order valence-electron chi connectivity index (χ0n) is 11.7. The van der Waals surface area contributed by atoms with E-state index in [1.54, 1.807) is 37.4 Å². The molecule has 0 saturated carbocycles. The van der Waals surface area contributed by atoms with Crippen LogP contribution < -0.4 is 9.47 Å². The molecule has 0 aromatic heterocycles. The molecule has 1 unspecified atom stereocenters. The number of phenolic OH excluding ortho intramolecular Hbond substituents is 1. The summed E-state index contributed by atoms with van der Waals surface area (Å²) in [6, 6.07) is 12.3. The first-order valence-corrected chi connectivity index (χ1v) is 6.81. The van der Waals surface area contributed by atoms with E-state index in [9.17, 15) is 9.90 Å². The van der Waals surface area contributed by atoms with Gasteiger partial charge in [-0.2, -0.15) is 0 Å². The second-order valence-electron chi connectivity index (χ2n) is 5.07. The van der Waals surface area contributed by atoms with Crippen molar-refractivity contribution in [3.05, 3.63) is 53.6 Å². The Morgan fingerprint density at radius 2 is 2.10 bits per heavy atom. The van der Waals surface area contributed by atoms with Crippen LogP contribution in [-0.4, -0.2) is 24.6 Å². The number of aromatic hydroxyl groups is 1. The molecule has 2 aromatic carbocycles. The number of hydrogen-bond donors (Lipinski definition) is 1. The molecular formula is C17H16O4. The van der Waals surface area contributed by atoms with E-state index >= 15 is 0 Å². The third-order valence-electron chi connectivity index (χ3n) is 3.72. The fraction of sp³-hybridized carbons (Fsp3) is 0.235. The van der Waals surface area contributed by atoms with Crippen molar-refractivity contribution in [1.29, 1.82) is 0 Å². The molecule has 0 aliphatic carbocycles. The summed E-state index contributed by atoms with van der Waals surface area (Å²) >= 11 is 0. The third-order valence-corrected chi connectivity index (χ3v) is 3.72. The molecule has 0 fully saturated rings. The average Bonchev–Trinajstić information content (AvgIpc) is 2.51. The average molecular weight is 284 g/mol. The molecule has 3 rings (SSSR count). The number of benzene rings is 2. The summed E-state index contributed by atoms with van der Waals surface area (Å²) in [5.41, 5.74) is 1.33. The minimum Gasteiger partial charge on any atom is -0.508 e. The van der Waals surface area contributed by atoms with Crippen LogP contribution in [0.1, 0.15) is 15.9 Å². The summed E-state index contributed by atoms with van der Waals surface area (Å²) in [4.78, 5) is 12.5. The number of rotatable bonds is 3. The molecule has 1 N–H and O–H groups in total. The van der Waals surface area contributed by atoms with E-state index in [1.165, 1.54) is 0 Å². The highest BCUT2D eigenvalue weighted by Crippen LogP contribution is 2.33. The van der Waals surface area contributed by atoms with Gasteiger partial charge in [-0.3, -0.25) is 4.79 Å². The summed E-state index contributed by atoms with van der Waals surface area (Å²) in [7, 11) is 1.58. The fourth-order valence-corrected chi connectivity index (χ4v) is 2.54. The topological polar surface area (TPSA) is 55.8 Å². The van der Waals surface area contributed by atoms with Crippen LogP contribution in [0.3, 0.4) is 0 Å². The van der Waals surface area contributed by atoms with E-state index in [0.29, 0.717) is 30.1 Å². The molecule has 21 heavy (non-hydrogen) atoms. The van der Waals surface area contributed by atoms with E-state index < -0.39 is 0 Å². The van der Waals surface area contributed by atoms with E-state index in [4.69, 9.17) is 9.47 Å². The number of fused-ring (bicyclic) bond motifs is 1. The Kier molecular flexibility index (Phi) is 3.52. The number of carbonyl (C=O) groups is 1. The highest BCUT2D eigenvalue weighted by molar-refractivity contribution is 6.01. The van der Waals surface area contributed by atoms with Gasteiger partial charge in [0.2, 0.25) is 0 Å².